The summed E-state index contributed by atoms with van der Waals surface area (Å²) in [5.74, 6) is -0.765. The van der Waals surface area contributed by atoms with Gasteiger partial charge in [0.2, 0.25) is 0 Å². The predicted octanol–water partition coefficient (Wildman–Crippen LogP) is 2.18. The largest absolute Gasteiger partial charge is 0.480 e. The fraction of sp³-hybridized carbons (Fsp3) is 0.923. The second kappa shape index (κ2) is 6.97. The van der Waals surface area contributed by atoms with Gasteiger partial charge in [-0.05, 0) is 52.0 Å². The number of carboxylic acids is 1. The fourth-order valence-electron chi connectivity index (χ4n) is 2.03. The smallest absolute Gasteiger partial charge is 0.323 e. The Kier molecular flexibility index (Phi) is 5.92. The third kappa shape index (κ3) is 4.64. The molecule has 4 heteroatoms. The lowest BCUT2D eigenvalue weighted by molar-refractivity contribution is -0.144. The van der Waals surface area contributed by atoms with Gasteiger partial charge in [-0.25, -0.2) is 0 Å². The van der Waals surface area contributed by atoms with Gasteiger partial charge in [0.25, 0.3) is 0 Å². The zero-order chi connectivity index (χ0) is 12.7. The van der Waals surface area contributed by atoms with Crippen LogP contribution in [0.25, 0.3) is 0 Å². The van der Waals surface area contributed by atoms with Crippen molar-refractivity contribution < 1.29 is 14.6 Å². The highest BCUT2D eigenvalue weighted by atomic mass is 16.5. The molecular weight excluding hydrogens is 218 g/mol. The van der Waals surface area contributed by atoms with E-state index in [1.54, 1.807) is 6.92 Å². The van der Waals surface area contributed by atoms with Crippen molar-refractivity contribution in [2.75, 3.05) is 13.2 Å². The Bertz CT molecular complexity index is 241. The minimum Gasteiger partial charge on any atom is -0.480 e. The first-order valence-corrected chi connectivity index (χ1v) is 6.68. The number of aliphatic carboxylic acids is 1. The molecular formula is C13H25NO3. The molecule has 0 aromatic heterocycles. The van der Waals surface area contributed by atoms with Crippen molar-refractivity contribution in [2.24, 2.45) is 0 Å². The highest BCUT2D eigenvalue weighted by Crippen LogP contribution is 2.22. The Balaban J connectivity index is 2.11. The van der Waals surface area contributed by atoms with Crippen LogP contribution >= 0.6 is 0 Å². The van der Waals surface area contributed by atoms with E-state index in [2.05, 4.69) is 5.32 Å². The van der Waals surface area contributed by atoms with Crippen LogP contribution in [-0.2, 0) is 9.53 Å². The minimum atomic E-state index is -0.786. The van der Waals surface area contributed by atoms with Crippen LogP contribution in [0.1, 0.15) is 52.4 Å². The lowest BCUT2D eigenvalue weighted by Gasteiger charge is -2.27. The second-order valence-corrected chi connectivity index (χ2v) is 5.05. The molecule has 100 valence electrons. The summed E-state index contributed by atoms with van der Waals surface area (Å²) in [6.07, 6.45) is 6.67. The highest BCUT2D eigenvalue weighted by Gasteiger charge is 2.31. The summed E-state index contributed by atoms with van der Waals surface area (Å²) in [7, 11) is 0. The first kappa shape index (κ1) is 14.5. The molecule has 1 aliphatic carbocycles. The van der Waals surface area contributed by atoms with Crippen LogP contribution in [0.2, 0.25) is 0 Å². The van der Waals surface area contributed by atoms with E-state index in [1.165, 1.54) is 19.3 Å². The molecule has 0 saturated heterocycles. The van der Waals surface area contributed by atoms with Crippen molar-refractivity contribution in [2.45, 2.75) is 64.0 Å². The number of likely N-dealkylation sites (N-methyl/N-ethyl adjacent to an activating group) is 1. The summed E-state index contributed by atoms with van der Waals surface area (Å²) in [4.78, 5) is 11.1. The molecule has 0 spiro atoms. The molecule has 0 aliphatic heterocycles. The Labute approximate surface area is 104 Å². The maximum atomic E-state index is 11.1. The summed E-state index contributed by atoms with van der Waals surface area (Å²) in [5, 5.41) is 12.2. The standard InChI is InChI=1S/C13H25NO3/c1-3-14-13(2,12(15)16)9-4-5-10-17-11-7-6-8-11/h11,14H,3-10H2,1-2H3,(H,15,16). The topological polar surface area (TPSA) is 58.6 Å². The summed E-state index contributed by atoms with van der Waals surface area (Å²) in [6, 6.07) is 0. The maximum Gasteiger partial charge on any atom is 0.323 e. The maximum absolute atomic E-state index is 11.1. The summed E-state index contributed by atoms with van der Waals surface area (Å²) in [6.45, 7) is 5.14. The summed E-state index contributed by atoms with van der Waals surface area (Å²) < 4.78 is 5.65. The van der Waals surface area contributed by atoms with Crippen LogP contribution in [-0.4, -0.2) is 35.9 Å². The van der Waals surface area contributed by atoms with Crippen molar-refractivity contribution in [3.05, 3.63) is 0 Å². The lowest BCUT2D eigenvalue weighted by Crippen LogP contribution is -2.49. The van der Waals surface area contributed by atoms with E-state index in [4.69, 9.17) is 9.84 Å². The minimum absolute atomic E-state index is 0.481. The van der Waals surface area contributed by atoms with Crippen LogP contribution in [0, 0.1) is 0 Å². The molecule has 2 N–H and O–H groups in total. The molecule has 1 unspecified atom stereocenters. The first-order chi connectivity index (χ1) is 8.08. The van der Waals surface area contributed by atoms with E-state index in [0.29, 0.717) is 19.1 Å². The molecule has 1 saturated carbocycles. The van der Waals surface area contributed by atoms with Gasteiger partial charge in [-0.3, -0.25) is 4.79 Å². The van der Waals surface area contributed by atoms with E-state index in [-0.39, 0.29) is 0 Å². The molecule has 4 nitrogen and oxygen atoms in total. The van der Waals surface area contributed by atoms with Crippen LogP contribution in [0.15, 0.2) is 0 Å². The van der Waals surface area contributed by atoms with Crippen LogP contribution in [0.3, 0.4) is 0 Å². The summed E-state index contributed by atoms with van der Waals surface area (Å²) in [5.41, 5.74) is -0.786. The van der Waals surface area contributed by atoms with Crippen LogP contribution in [0.5, 0.6) is 0 Å². The molecule has 1 fully saturated rings. The Hall–Kier alpha value is -0.610. The number of nitrogens with one attached hydrogen (secondary N) is 1. The normalized spacial score (nSPS) is 19.6. The Morgan fingerprint density at radius 2 is 2.18 bits per heavy atom. The third-order valence-corrected chi connectivity index (χ3v) is 3.52. The second-order valence-electron chi connectivity index (χ2n) is 5.05. The number of rotatable bonds is 9. The fourth-order valence-corrected chi connectivity index (χ4v) is 2.03. The third-order valence-electron chi connectivity index (χ3n) is 3.52. The SMILES string of the molecule is CCNC(C)(CCCCOC1CCC1)C(=O)O. The van der Waals surface area contributed by atoms with Crippen molar-refractivity contribution in [3.8, 4) is 0 Å². The van der Waals surface area contributed by atoms with Gasteiger partial charge in [0.15, 0.2) is 0 Å². The Morgan fingerprint density at radius 1 is 1.47 bits per heavy atom. The number of ether oxygens (including phenoxy) is 1. The first-order valence-electron chi connectivity index (χ1n) is 6.68. The average molecular weight is 243 g/mol. The monoisotopic (exact) mass is 243 g/mol. The van der Waals surface area contributed by atoms with Crippen molar-refractivity contribution in [3.63, 3.8) is 0 Å². The van der Waals surface area contributed by atoms with Gasteiger partial charge in [-0.1, -0.05) is 6.92 Å². The number of hydrogen-bond donors (Lipinski definition) is 2. The van der Waals surface area contributed by atoms with Gasteiger partial charge < -0.3 is 15.2 Å². The van der Waals surface area contributed by atoms with Gasteiger partial charge in [-0.15, -0.1) is 0 Å². The molecule has 0 heterocycles. The van der Waals surface area contributed by atoms with E-state index >= 15 is 0 Å². The highest BCUT2D eigenvalue weighted by molar-refractivity contribution is 5.78. The van der Waals surface area contributed by atoms with Gasteiger partial charge >= 0.3 is 5.97 Å². The van der Waals surface area contributed by atoms with Crippen molar-refractivity contribution in [1.82, 2.24) is 5.32 Å². The molecule has 0 aromatic carbocycles. The molecule has 1 rings (SSSR count). The number of unbranched alkanes of at least 4 members (excludes halogenated alkanes) is 1. The molecule has 0 radical (unpaired) electrons. The lowest BCUT2D eigenvalue weighted by atomic mass is 9.94. The van der Waals surface area contributed by atoms with E-state index in [9.17, 15) is 4.79 Å². The number of hydrogen-bond acceptors (Lipinski definition) is 3. The molecule has 17 heavy (non-hydrogen) atoms. The van der Waals surface area contributed by atoms with E-state index in [1.807, 2.05) is 6.92 Å². The van der Waals surface area contributed by atoms with Crippen LogP contribution < -0.4 is 5.32 Å². The zero-order valence-electron chi connectivity index (χ0n) is 11.0. The Morgan fingerprint density at radius 3 is 2.65 bits per heavy atom. The molecule has 1 atom stereocenters. The molecule has 0 amide bonds. The van der Waals surface area contributed by atoms with Crippen molar-refractivity contribution in [1.29, 1.82) is 0 Å². The number of carboxylic acid groups (broad SMARTS) is 1. The average Bonchev–Trinajstić information content (AvgIpc) is 2.20. The van der Waals surface area contributed by atoms with Crippen molar-refractivity contribution >= 4 is 5.97 Å². The van der Waals surface area contributed by atoms with Gasteiger partial charge in [0.05, 0.1) is 6.10 Å². The van der Waals surface area contributed by atoms with Gasteiger partial charge in [-0.2, -0.15) is 0 Å². The molecule has 1 aliphatic rings. The van der Waals surface area contributed by atoms with Gasteiger partial charge in [0, 0.05) is 6.61 Å². The quantitative estimate of drug-likeness (QED) is 0.609. The van der Waals surface area contributed by atoms with E-state index < -0.39 is 11.5 Å². The predicted molar refractivity (Wildman–Crippen MR) is 67.2 cm³/mol. The molecule has 0 aromatic rings. The number of carbonyl (C=O) groups is 1. The van der Waals surface area contributed by atoms with E-state index in [0.717, 1.165) is 19.4 Å². The van der Waals surface area contributed by atoms with Gasteiger partial charge in [0.1, 0.15) is 5.54 Å². The molecule has 0 bridgehead atoms. The van der Waals surface area contributed by atoms with Crippen LogP contribution in [0.4, 0.5) is 0 Å². The zero-order valence-corrected chi connectivity index (χ0v) is 11.0. The summed E-state index contributed by atoms with van der Waals surface area (Å²) >= 11 is 0.